The van der Waals surface area contributed by atoms with Crippen molar-refractivity contribution in [3.05, 3.63) is 80.9 Å². The Kier molecular flexibility index (Phi) is 5.18. The standard InChI is InChI=1S/C21H20N4O3S/c1-14-6-2-5-9-17(14)28-13-19-23-16-8-4-3-7-15(16)20(25(19)12-18(22)26)24-10-11-29-21(24)27/h2-11,20H,12-13H2,1H3,(H2,22,26). The Labute approximate surface area is 171 Å². The highest BCUT2D eigenvalue weighted by Crippen LogP contribution is 2.35. The molecule has 4 rings (SSSR count). The third-order valence-electron chi connectivity index (χ3n) is 4.73. The van der Waals surface area contributed by atoms with Gasteiger partial charge in [0.05, 0.1) is 5.69 Å². The van der Waals surface area contributed by atoms with Crippen molar-refractivity contribution in [2.24, 2.45) is 10.7 Å². The van der Waals surface area contributed by atoms with Crippen LogP contribution in [0.5, 0.6) is 5.75 Å². The molecule has 0 aliphatic carbocycles. The highest BCUT2D eigenvalue weighted by atomic mass is 32.1. The number of hydrogen-bond acceptors (Lipinski definition) is 6. The van der Waals surface area contributed by atoms with Crippen LogP contribution < -0.4 is 15.3 Å². The average molecular weight is 408 g/mol. The number of amides is 1. The van der Waals surface area contributed by atoms with Gasteiger partial charge in [0.1, 0.15) is 30.9 Å². The monoisotopic (exact) mass is 408 g/mol. The molecule has 1 unspecified atom stereocenters. The molecule has 1 aromatic heterocycles. The van der Waals surface area contributed by atoms with Gasteiger partial charge < -0.3 is 15.4 Å². The molecule has 7 nitrogen and oxygen atoms in total. The summed E-state index contributed by atoms with van der Waals surface area (Å²) >= 11 is 1.10. The number of aliphatic imine (C=N–C) groups is 1. The molecule has 148 valence electrons. The first-order chi connectivity index (χ1) is 14.0. The number of aryl methyl sites for hydroxylation is 1. The molecule has 0 spiro atoms. The lowest BCUT2D eigenvalue weighted by Gasteiger charge is -2.37. The van der Waals surface area contributed by atoms with Crippen LogP contribution in [0, 0.1) is 6.92 Å². The fraction of sp³-hybridized carbons (Fsp3) is 0.190. The van der Waals surface area contributed by atoms with Crippen molar-refractivity contribution in [2.45, 2.75) is 13.1 Å². The van der Waals surface area contributed by atoms with Crippen LogP contribution in [0.25, 0.3) is 0 Å². The molecule has 0 saturated heterocycles. The number of amidine groups is 1. The second kappa shape index (κ2) is 7.92. The molecule has 2 N–H and O–H groups in total. The van der Waals surface area contributed by atoms with Crippen LogP contribution >= 0.6 is 11.3 Å². The number of carbonyl (C=O) groups excluding carboxylic acids is 1. The molecule has 3 aromatic rings. The largest absolute Gasteiger partial charge is 0.485 e. The molecule has 2 heterocycles. The van der Waals surface area contributed by atoms with E-state index in [0.717, 1.165) is 33.9 Å². The molecule has 1 atom stereocenters. The minimum atomic E-state index is -0.523. The van der Waals surface area contributed by atoms with E-state index in [-0.39, 0.29) is 18.0 Å². The predicted molar refractivity (Wildman–Crippen MR) is 113 cm³/mol. The lowest BCUT2D eigenvalue weighted by Crippen LogP contribution is -2.48. The molecule has 2 aromatic carbocycles. The molecule has 8 heteroatoms. The van der Waals surface area contributed by atoms with Crippen molar-refractivity contribution in [3.63, 3.8) is 0 Å². The summed E-state index contributed by atoms with van der Waals surface area (Å²) in [6, 6.07) is 15.2. The highest BCUT2D eigenvalue weighted by molar-refractivity contribution is 7.07. The number of primary amides is 1. The van der Waals surface area contributed by atoms with E-state index < -0.39 is 12.1 Å². The summed E-state index contributed by atoms with van der Waals surface area (Å²) in [6.45, 7) is 2.02. The molecule has 1 amide bonds. The third kappa shape index (κ3) is 3.79. The second-order valence-electron chi connectivity index (χ2n) is 6.69. The number of rotatable bonds is 6. The second-order valence-corrected chi connectivity index (χ2v) is 7.54. The van der Waals surface area contributed by atoms with E-state index in [2.05, 4.69) is 0 Å². The Morgan fingerprint density at radius 3 is 2.69 bits per heavy atom. The average Bonchev–Trinajstić information content (AvgIpc) is 3.12. The molecular weight excluding hydrogens is 388 g/mol. The van der Waals surface area contributed by atoms with E-state index in [9.17, 15) is 9.59 Å². The maximum Gasteiger partial charge on any atom is 0.309 e. The first-order valence-electron chi connectivity index (χ1n) is 9.10. The van der Waals surface area contributed by atoms with Gasteiger partial charge in [0.2, 0.25) is 5.91 Å². The number of nitrogens with two attached hydrogens (primary N) is 1. The van der Waals surface area contributed by atoms with Crippen LogP contribution in [-0.2, 0) is 4.79 Å². The summed E-state index contributed by atoms with van der Waals surface area (Å²) < 4.78 is 7.58. The highest BCUT2D eigenvalue weighted by Gasteiger charge is 2.33. The minimum absolute atomic E-state index is 0.0861. The number of para-hydroxylation sites is 2. The number of nitrogens with zero attached hydrogens (tertiary/aromatic N) is 3. The van der Waals surface area contributed by atoms with Crippen LogP contribution in [0.15, 0.2) is 69.9 Å². The van der Waals surface area contributed by atoms with Crippen LogP contribution in [-0.4, -0.2) is 34.4 Å². The lowest BCUT2D eigenvalue weighted by molar-refractivity contribution is -0.118. The number of hydrogen-bond donors (Lipinski definition) is 1. The Hall–Kier alpha value is -3.39. The molecule has 29 heavy (non-hydrogen) atoms. The van der Waals surface area contributed by atoms with Gasteiger partial charge in [0.15, 0.2) is 0 Å². The number of carbonyl (C=O) groups is 1. The van der Waals surface area contributed by atoms with Gasteiger partial charge in [0.25, 0.3) is 0 Å². The normalized spacial score (nSPS) is 15.6. The van der Waals surface area contributed by atoms with Gasteiger partial charge in [-0.1, -0.05) is 47.7 Å². The van der Waals surface area contributed by atoms with Gasteiger partial charge in [-0.05, 0) is 24.6 Å². The van der Waals surface area contributed by atoms with E-state index in [0.29, 0.717) is 5.84 Å². The number of ether oxygens (including phenoxy) is 1. The Morgan fingerprint density at radius 2 is 1.97 bits per heavy atom. The van der Waals surface area contributed by atoms with Crippen molar-refractivity contribution >= 4 is 28.8 Å². The Balaban J connectivity index is 1.77. The number of fused-ring (bicyclic) bond motifs is 1. The van der Waals surface area contributed by atoms with E-state index in [1.165, 1.54) is 0 Å². The van der Waals surface area contributed by atoms with Crippen molar-refractivity contribution in [1.82, 2.24) is 9.47 Å². The van der Waals surface area contributed by atoms with Gasteiger partial charge in [-0.2, -0.15) is 0 Å². The van der Waals surface area contributed by atoms with Crippen molar-refractivity contribution in [2.75, 3.05) is 13.2 Å². The first kappa shape index (κ1) is 18.9. The van der Waals surface area contributed by atoms with Gasteiger partial charge in [-0.15, -0.1) is 0 Å². The van der Waals surface area contributed by atoms with Gasteiger partial charge in [0, 0.05) is 17.1 Å². The van der Waals surface area contributed by atoms with Crippen LogP contribution in [0.3, 0.4) is 0 Å². The fourth-order valence-corrected chi connectivity index (χ4v) is 3.99. The predicted octanol–water partition coefficient (Wildman–Crippen LogP) is 2.68. The Bertz CT molecular complexity index is 1130. The van der Waals surface area contributed by atoms with Gasteiger partial charge >= 0.3 is 4.87 Å². The summed E-state index contributed by atoms with van der Waals surface area (Å²) in [5.41, 5.74) is 8.09. The van der Waals surface area contributed by atoms with Crippen molar-refractivity contribution < 1.29 is 9.53 Å². The smallest absolute Gasteiger partial charge is 0.309 e. The van der Waals surface area contributed by atoms with Crippen molar-refractivity contribution in [1.29, 1.82) is 0 Å². The quantitative estimate of drug-likeness (QED) is 0.679. The lowest BCUT2D eigenvalue weighted by atomic mass is 10.1. The summed E-state index contributed by atoms with van der Waals surface area (Å²) in [7, 11) is 0. The van der Waals surface area contributed by atoms with E-state index in [1.54, 1.807) is 21.0 Å². The molecule has 0 fully saturated rings. The summed E-state index contributed by atoms with van der Waals surface area (Å²) in [5, 5.41) is 1.72. The zero-order valence-electron chi connectivity index (χ0n) is 15.8. The topological polar surface area (TPSA) is 89.9 Å². The van der Waals surface area contributed by atoms with Gasteiger partial charge in [-0.25, -0.2) is 4.99 Å². The molecular formula is C21H20N4O3S. The zero-order valence-corrected chi connectivity index (χ0v) is 16.6. The molecule has 0 radical (unpaired) electrons. The Morgan fingerprint density at radius 1 is 1.21 bits per heavy atom. The third-order valence-corrected chi connectivity index (χ3v) is 5.40. The van der Waals surface area contributed by atoms with Crippen LogP contribution in [0.4, 0.5) is 5.69 Å². The van der Waals surface area contributed by atoms with Crippen molar-refractivity contribution in [3.8, 4) is 5.75 Å². The van der Waals surface area contributed by atoms with E-state index >= 15 is 0 Å². The molecule has 1 aliphatic rings. The molecule has 1 aliphatic heterocycles. The summed E-state index contributed by atoms with van der Waals surface area (Å²) in [6.07, 6.45) is 1.19. The maximum atomic E-state index is 12.5. The molecule has 0 bridgehead atoms. The van der Waals surface area contributed by atoms with Crippen LogP contribution in [0.2, 0.25) is 0 Å². The van der Waals surface area contributed by atoms with Crippen LogP contribution in [0.1, 0.15) is 17.3 Å². The van der Waals surface area contributed by atoms with E-state index in [1.807, 2.05) is 55.5 Å². The van der Waals surface area contributed by atoms with Gasteiger partial charge in [-0.3, -0.25) is 14.2 Å². The van der Waals surface area contributed by atoms with E-state index in [4.69, 9.17) is 15.5 Å². The number of aromatic nitrogens is 1. The maximum absolute atomic E-state index is 12.5. The number of benzene rings is 2. The summed E-state index contributed by atoms with van der Waals surface area (Å²) in [5.74, 6) is 0.757. The fourth-order valence-electron chi connectivity index (χ4n) is 3.40. The SMILES string of the molecule is Cc1ccccc1OCC1=Nc2ccccc2C(n2ccsc2=O)N1CC(N)=O. The first-order valence-corrected chi connectivity index (χ1v) is 9.98. The zero-order chi connectivity index (χ0) is 20.4. The minimum Gasteiger partial charge on any atom is -0.485 e. The summed E-state index contributed by atoms with van der Waals surface area (Å²) in [4.78, 5) is 30.6. The number of thiazole rings is 1. The molecule has 0 saturated carbocycles.